The van der Waals surface area contributed by atoms with E-state index >= 15 is 0 Å². The Kier molecular flexibility index (Phi) is 7.86. The summed E-state index contributed by atoms with van der Waals surface area (Å²) in [6.07, 6.45) is -6.12. The monoisotopic (exact) mass is 546 g/mol. The summed E-state index contributed by atoms with van der Waals surface area (Å²) in [6.45, 7) is 1.15. The summed E-state index contributed by atoms with van der Waals surface area (Å²) in [5, 5.41) is 8.77. The number of aromatic nitrogens is 2. The van der Waals surface area contributed by atoms with Crippen LogP contribution in [0.25, 0.3) is 5.69 Å². The van der Waals surface area contributed by atoms with Gasteiger partial charge in [0.15, 0.2) is 17.6 Å². The molecule has 198 valence electrons. The number of carboxylic acids is 1. The Balaban J connectivity index is 1.95. The number of methoxy groups -OCH3 is 1. The predicted octanol–water partition coefficient (Wildman–Crippen LogP) is 3.79. The second-order valence-corrected chi connectivity index (χ2v) is 8.06. The molecule has 37 heavy (non-hydrogen) atoms. The number of benzene rings is 2. The van der Waals surface area contributed by atoms with Gasteiger partial charge in [-0.2, -0.15) is 13.2 Å². The van der Waals surface area contributed by atoms with Crippen LogP contribution in [-0.2, 0) is 24.6 Å². The number of ether oxygens (including phenoxy) is 3. The highest BCUT2D eigenvalue weighted by atomic mass is 35.5. The van der Waals surface area contributed by atoms with Gasteiger partial charge in [0.05, 0.1) is 17.8 Å². The SMILES string of the molecule is COc1cc(COc2cc(-n3c(=O)cc(C(F)(F)F)n(C)c3=O)c(F)cc2Cl)ccc1OC(C)C(=O)O. The summed E-state index contributed by atoms with van der Waals surface area (Å²) in [7, 11) is 2.13. The standard InChI is InChI=1S/C23H19ClF4N2O7/c1-11(21(32)33)37-16-5-4-12(6-18(16)35-3)10-36-17-8-15(14(25)7-13(17)24)30-20(31)9-19(23(26,27)28)29(2)22(30)34/h4-9,11H,10H2,1-3H3,(H,32,33). The number of alkyl halides is 3. The molecular weight excluding hydrogens is 528 g/mol. The van der Waals surface area contributed by atoms with Crippen molar-refractivity contribution in [3.05, 3.63) is 79.3 Å². The molecule has 0 spiro atoms. The van der Waals surface area contributed by atoms with Crippen molar-refractivity contribution in [2.45, 2.75) is 25.8 Å². The molecule has 0 fully saturated rings. The number of rotatable bonds is 8. The van der Waals surface area contributed by atoms with Gasteiger partial charge in [-0.3, -0.25) is 9.36 Å². The van der Waals surface area contributed by atoms with Gasteiger partial charge >= 0.3 is 17.8 Å². The summed E-state index contributed by atoms with van der Waals surface area (Å²) in [5.41, 5.74) is -4.51. The van der Waals surface area contributed by atoms with Gasteiger partial charge in [0, 0.05) is 19.2 Å². The first kappa shape index (κ1) is 27.6. The fourth-order valence-corrected chi connectivity index (χ4v) is 3.43. The third kappa shape index (κ3) is 5.88. The van der Waals surface area contributed by atoms with Gasteiger partial charge in [0.1, 0.15) is 23.9 Å². The third-order valence-electron chi connectivity index (χ3n) is 5.13. The third-order valence-corrected chi connectivity index (χ3v) is 5.42. The molecule has 0 aliphatic rings. The first-order valence-corrected chi connectivity index (χ1v) is 10.7. The largest absolute Gasteiger partial charge is 0.493 e. The van der Waals surface area contributed by atoms with E-state index in [0.29, 0.717) is 5.56 Å². The highest BCUT2D eigenvalue weighted by molar-refractivity contribution is 6.32. The van der Waals surface area contributed by atoms with E-state index in [1.54, 1.807) is 0 Å². The van der Waals surface area contributed by atoms with Crippen molar-refractivity contribution in [1.29, 1.82) is 0 Å². The average molecular weight is 547 g/mol. The minimum atomic E-state index is -4.98. The molecule has 2 aromatic carbocycles. The topological polar surface area (TPSA) is 109 Å². The fourth-order valence-electron chi connectivity index (χ4n) is 3.22. The van der Waals surface area contributed by atoms with Crippen molar-refractivity contribution in [3.8, 4) is 22.9 Å². The van der Waals surface area contributed by atoms with E-state index in [1.807, 2.05) is 0 Å². The average Bonchev–Trinajstić information content (AvgIpc) is 2.81. The highest BCUT2D eigenvalue weighted by Gasteiger charge is 2.35. The van der Waals surface area contributed by atoms with Crippen LogP contribution in [0.3, 0.4) is 0 Å². The lowest BCUT2D eigenvalue weighted by Gasteiger charge is -2.16. The summed E-state index contributed by atoms with van der Waals surface area (Å²) in [4.78, 5) is 35.9. The lowest BCUT2D eigenvalue weighted by atomic mass is 10.2. The van der Waals surface area contributed by atoms with Crippen molar-refractivity contribution in [2.24, 2.45) is 7.05 Å². The molecule has 3 aromatic rings. The van der Waals surface area contributed by atoms with Crippen molar-refractivity contribution < 1.29 is 41.7 Å². The number of hydrogen-bond acceptors (Lipinski definition) is 6. The van der Waals surface area contributed by atoms with E-state index in [2.05, 4.69) is 0 Å². The molecule has 3 rings (SSSR count). The molecule has 1 aromatic heterocycles. The zero-order valence-electron chi connectivity index (χ0n) is 19.4. The molecule has 0 saturated heterocycles. The predicted molar refractivity (Wildman–Crippen MR) is 122 cm³/mol. The lowest BCUT2D eigenvalue weighted by Crippen LogP contribution is -2.41. The molecule has 1 atom stereocenters. The van der Waals surface area contributed by atoms with E-state index in [4.69, 9.17) is 30.9 Å². The summed E-state index contributed by atoms with van der Waals surface area (Å²) in [5.74, 6) is -2.16. The van der Waals surface area contributed by atoms with Gasteiger partial charge in [-0.05, 0) is 30.7 Å². The minimum absolute atomic E-state index is 0.153. The molecule has 1 heterocycles. The van der Waals surface area contributed by atoms with E-state index in [1.165, 1.54) is 32.2 Å². The maximum absolute atomic E-state index is 14.7. The number of halogens is 5. The van der Waals surface area contributed by atoms with E-state index in [-0.39, 0.29) is 44.1 Å². The molecule has 0 radical (unpaired) electrons. The molecule has 0 saturated carbocycles. The molecule has 9 nitrogen and oxygen atoms in total. The van der Waals surface area contributed by atoms with E-state index in [0.717, 1.165) is 19.2 Å². The Hall–Kier alpha value is -4.00. The Bertz CT molecular complexity index is 1470. The summed E-state index contributed by atoms with van der Waals surface area (Å²) < 4.78 is 70.5. The van der Waals surface area contributed by atoms with Crippen molar-refractivity contribution in [2.75, 3.05) is 7.11 Å². The first-order valence-electron chi connectivity index (χ1n) is 10.3. The molecule has 1 unspecified atom stereocenters. The van der Waals surface area contributed by atoms with Crippen molar-refractivity contribution >= 4 is 17.6 Å². The van der Waals surface area contributed by atoms with Gasteiger partial charge in [0.2, 0.25) is 0 Å². The maximum Gasteiger partial charge on any atom is 0.431 e. The second-order valence-electron chi connectivity index (χ2n) is 7.65. The van der Waals surface area contributed by atoms with Crippen molar-refractivity contribution in [1.82, 2.24) is 9.13 Å². The first-order chi connectivity index (χ1) is 17.2. The number of carbonyl (C=O) groups is 1. The van der Waals surface area contributed by atoms with Gasteiger partial charge in [-0.1, -0.05) is 17.7 Å². The Labute approximate surface area is 211 Å². The molecule has 0 aliphatic heterocycles. The normalized spacial score (nSPS) is 12.2. The number of nitrogens with zero attached hydrogens (tertiary/aromatic N) is 2. The van der Waals surface area contributed by atoms with Crippen LogP contribution in [0.2, 0.25) is 5.02 Å². The quantitative estimate of drug-likeness (QED) is 0.428. The van der Waals surface area contributed by atoms with Crippen LogP contribution in [0.4, 0.5) is 17.6 Å². The smallest absolute Gasteiger partial charge is 0.431 e. The Morgan fingerprint density at radius 1 is 1.11 bits per heavy atom. The lowest BCUT2D eigenvalue weighted by molar-refractivity contribution is -0.145. The summed E-state index contributed by atoms with van der Waals surface area (Å²) >= 11 is 6.04. The van der Waals surface area contributed by atoms with Gasteiger partial charge in [0.25, 0.3) is 5.56 Å². The molecule has 0 amide bonds. The van der Waals surface area contributed by atoms with Crippen LogP contribution in [0.1, 0.15) is 18.2 Å². The van der Waals surface area contributed by atoms with Crippen LogP contribution in [-0.4, -0.2) is 33.4 Å². The molecule has 14 heteroatoms. The fraction of sp³-hybridized carbons (Fsp3) is 0.261. The molecule has 1 N–H and O–H groups in total. The Morgan fingerprint density at radius 2 is 1.78 bits per heavy atom. The number of carboxylic acid groups (broad SMARTS) is 1. The van der Waals surface area contributed by atoms with Crippen molar-refractivity contribution in [3.63, 3.8) is 0 Å². The van der Waals surface area contributed by atoms with Crippen LogP contribution in [0.15, 0.2) is 46.0 Å². The minimum Gasteiger partial charge on any atom is -0.493 e. The Morgan fingerprint density at radius 3 is 2.38 bits per heavy atom. The van der Waals surface area contributed by atoms with Crippen LogP contribution < -0.4 is 25.5 Å². The van der Waals surface area contributed by atoms with Gasteiger partial charge in [-0.15, -0.1) is 0 Å². The van der Waals surface area contributed by atoms with Gasteiger partial charge < -0.3 is 19.3 Å². The second kappa shape index (κ2) is 10.5. The number of aliphatic carboxylic acids is 1. The van der Waals surface area contributed by atoms with E-state index < -0.39 is 46.7 Å². The zero-order valence-corrected chi connectivity index (χ0v) is 20.2. The molecule has 0 aliphatic carbocycles. The molecular formula is C23H19ClF4N2O7. The molecule has 0 bridgehead atoms. The highest BCUT2D eigenvalue weighted by Crippen LogP contribution is 2.32. The van der Waals surface area contributed by atoms with Crippen LogP contribution in [0, 0.1) is 5.82 Å². The zero-order chi connectivity index (χ0) is 27.7. The van der Waals surface area contributed by atoms with Crippen LogP contribution in [0.5, 0.6) is 17.2 Å². The van der Waals surface area contributed by atoms with Crippen LogP contribution >= 0.6 is 11.6 Å². The number of hydrogen-bond donors (Lipinski definition) is 1. The maximum atomic E-state index is 14.7. The van der Waals surface area contributed by atoms with Gasteiger partial charge in [-0.25, -0.2) is 18.5 Å². The van der Waals surface area contributed by atoms with E-state index in [9.17, 15) is 31.9 Å². The summed E-state index contributed by atoms with van der Waals surface area (Å²) in [6, 6.07) is 6.30.